The van der Waals surface area contributed by atoms with E-state index in [1.807, 2.05) is 6.08 Å². The quantitative estimate of drug-likeness (QED) is 0.0283. The molecule has 292 valence electrons. The Kier molecular flexibility index (Phi) is 36.4. The molecule has 9 heteroatoms. The lowest BCUT2D eigenvalue weighted by molar-refractivity contribution is -0.123. The second-order valence-electron chi connectivity index (χ2n) is 14.2. The van der Waals surface area contributed by atoms with E-state index in [9.17, 15) is 19.4 Å². The smallest absolute Gasteiger partial charge is 0.387 e. The summed E-state index contributed by atoms with van der Waals surface area (Å²) in [6, 6.07) is -0.853. The lowest BCUT2D eigenvalue weighted by Crippen LogP contribution is -2.45. The number of allylic oxidation sites excluding steroid dienone is 1. The zero-order valence-electron chi connectivity index (χ0n) is 32.2. The van der Waals surface area contributed by atoms with Crippen LogP contribution in [0.25, 0.3) is 0 Å². The van der Waals surface area contributed by atoms with Crippen LogP contribution in [0.15, 0.2) is 12.2 Å². The van der Waals surface area contributed by atoms with Crippen molar-refractivity contribution in [2.24, 2.45) is 5.73 Å². The van der Waals surface area contributed by atoms with Crippen molar-refractivity contribution in [1.82, 2.24) is 5.32 Å². The number of hydrogen-bond acceptors (Lipinski definition) is 6. The number of rotatable bonds is 39. The number of carbonyl (C=O) groups is 1. The Morgan fingerprint density at radius 1 is 0.653 bits per heavy atom. The molecule has 0 saturated heterocycles. The third kappa shape index (κ3) is 35.4. The molecule has 0 saturated carbocycles. The number of nitrogens with two attached hydrogens (primary N) is 1. The van der Waals surface area contributed by atoms with Crippen LogP contribution in [-0.2, 0) is 18.4 Å². The molecule has 3 atom stereocenters. The molecule has 0 aromatic rings. The number of carbonyl (C=O) groups excluding carboxylic acids is 1. The van der Waals surface area contributed by atoms with Gasteiger partial charge < -0.3 is 21.1 Å². The van der Waals surface area contributed by atoms with E-state index in [2.05, 4.69) is 19.2 Å². The van der Waals surface area contributed by atoms with Crippen LogP contribution in [0.5, 0.6) is 0 Å². The highest BCUT2D eigenvalue weighted by Crippen LogP contribution is 2.43. The molecule has 0 rings (SSSR count). The van der Waals surface area contributed by atoms with E-state index in [0.717, 1.165) is 38.5 Å². The summed E-state index contributed by atoms with van der Waals surface area (Å²) in [4.78, 5) is 22.6. The van der Waals surface area contributed by atoms with Crippen LogP contribution in [0.4, 0.5) is 0 Å². The van der Waals surface area contributed by atoms with E-state index in [1.165, 1.54) is 148 Å². The van der Waals surface area contributed by atoms with Gasteiger partial charge in [-0.05, 0) is 19.3 Å². The first-order valence-electron chi connectivity index (χ1n) is 20.8. The van der Waals surface area contributed by atoms with Gasteiger partial charge in [-0.2, -0.15) is 0 Å². The average Bonchev–Trinajstić information content (AvgIpc) is 3.09. The number of hydrogen-bond donors (Lipinski definition) is 4. The Morgan fingerprint density at radius 2 is 1.04 bits per heavy atom. The number of phosphoric acid groups is 1. The van der Waals surface area contributed by atoms with E-state index >= 15 is 0 Å². The number of nitrogens with one attached hydrogen (secondary N) is 1. The Morgan fingerprint density at radius 3 is 1.45 bits per heavy atom. The minimum Gasteiger partial charge on any atom is -0.387 e. The zero-order valence-corrected chi connectivity index (χ0v) is 33.1. The molecule has 8 nitrogen and oxygen atoms in total. The fourth-order valence-electron chi connectivity index (χ4n) is 6.19. The molecule has 1 amide bonds. The number of aliphatic hydroxyl groups excluding tert-OH is 1. The van der Waals surface area contributed by atoms with Gasteiger partial charge in [-0.1, -0.05) is 193 Å². The summed E-state index contributed by atoms with van der Waals surface area (Å²) in [5.74, 6) is -0.194. The fourth-order valence-corrected chi connectivity index (χ4v) is 6.95. The highest BCUT2D eigenvalue weighted by molar-refractivity contribution is 7.47. The fraction of sp³-hybridized carbons (Fsp3) is 0.925. The molecule has 0 fully saturated rings. The molecule has 0 spiro atoms. The van der Waals surface area contributed by atoms with Crippen LogP contribution in [0.3, 0.4) is 0 Å². The number of amides is 1. The lowest BCUT2D eigenvalue weighted by Gasteiger charge is -2.23. The second kappa shape index (κ2) is 37.0. The van der Waals surface area contributed by atoms with Gasteiger partial charge >= 0.3 is 7.82 Å². The number of phosphoric ester groups is 1. The number of aliphatic hydroxyl groups is 1. The predicted molar refractivity (Wildman–Crippen MR) is 208 cm³/mol. The second-order valence-corrected chi connectivity index (χ2v) is 15.7. The standard InChI is InChI=1S/C40H81N2O6P/c1-3-5-7-9-11-13-15-16-17-18-19-20-21-22-24-25-27-29-31-33-39(43)38(37-48-49(45,46)47-36-35-41)42-40(44)34-32-30-28-26-23-14-12-10-8-6-4-2/h31,33,38-39,43H,3-30,32,34-37,41H2,1-2H3,(H,42,44)(H,45,46)/b33-31+. The summed E-state index contributed by atoms with van der Waals surface area (Å²) >= 11 is 0. The van der Waals surface area contributed by atoms with Crippen LogP contribution in [-0.4, -0.2) is 47.8 Å². The first kappa shape index (κ1) is 48.2. The molecular weight excluding hydrogens is 635 g/mol. The normalized spacial score (nSPS) is 14.3. The topological polar surface area (TPSA) is 131 Å². The average molecular weight is 717 g/mol. The Bertz CT molecular complexity index is 784. The SMILES string of the molecule is CCCCCCCCCCCCCCCCCCC/C=C/C(O)C(COP(=O)(O)OCCN)NC(=O)CCCCCCCCCCCCC. The lowest BCUT2D eigenvalue weighted by atomic mass is 10.0. The van der Waals surface area contributed by atoms with Gasteiger partial charge in [0.2, 0.25) is 5.91 Å². The van der Waals surface area contributed by atoms with Crippen molar-refractivity contribution in [1.29, 1.82) is 0 Å². The first-order valence-corrected chi connectivity index (χ1v) is 22.3. The molecule has 0 bridgehead atoms. The van der Waals surface area contributed by atoms with Gasteiger partial charge in [0.1, 0.15) is 0 Å². The maximum absolute atomic E-state index is 12.7. The molecule has 3 unspecified atom stereocenters. The minimum atomic E-state index is -4.33. The van der Waals surface area contributed by atoms with Gasteiger partial charge in [0, 0.05) is 13.0 Å². The van der Waals surface area contributed by atoms with Crippen LogP contribution in [0.2, 0.25) is 0 Å². The van der Waals surface area contributed by atoms with Gasteiger partial charge in [0.05, 0.1) is 25.4 Å². The van der Waals surface area contributed by atoms with Crippen LogP contribution >= 0.6 is 7.82 Å². The maximum Gasteiger partial charge on any atom is 0.472 e. The van der Waals surface area contributed by atoms with Crippen molar-refractivity contribution in [3.8, 4) is 0 Å². The van der Waals surface area contributed by atoms with E-state index in [4.69, 9.17) is 14.8 Å². The van der Waals surface area contributed by atoms with Crippen molar-refractivity contribution in [2.75, 3.05) is 19.8 Å². The number of unbranched alkanes of at least 4 members (excludes halogenated alkanes) is 27. The summed E-state index contributed by atoms with van der Waals surface area (Å²) < 4.78 is 22.1. The van der Waals surface area contributed by atoms with Gasteiger partial charge in [0.15, 0.2) is 0 Å². The molecule has 0 aliphatic rings. The highest BCUT2D eigenvalue weighted by Gasteiger charge is 2.26. The Balaban J connectivity index is 4.19. The van der Waals surface area contributed by atoms with E-state index in [-0.39, 0.29) is 25.7 Å². The first-order chi connectivity index (χ1) is 23.9. The van der Waals surface area contributed by atoms with Gasteiger partial charge in [-0.25, -0.2) is 4.57 Å². The van der Waals surface area contributed by atoms with Gasteiger partial charge in [-0.15, -0.1) is 0 Å². The van der Waals surface area contributed by atoms with Crippen molar-refractivity contribution in [2.45, 2.75) is 219 Å². The summed E-state index contributed by atoms with van der Waals surface area (Å²) in [5, 5.41) is 13.6. The minimum absolute atomic E-state index is 0.0811. The molecule has 49 heavy (non-hydrogen) atoms. The third-order valence-electron chi connectivity index (χ3n) is 9.36. The largest absolute Gasteiger partial charge is 0.472 e. The zero-order chi connectivity index (χ0) is 36.1. The summed E-state index contributed by atoms with van der Waals surface area (Å²) in [5.41, 5.74) is 5.36. The van der Waals surface area contributed by atoms with Crippen molar-refractivity contribution in [3.05, 3.63) is 12.2 Å². The molecule has 0 radical (unpaired) electrons. The Labute approximate surface area is 303 Å². The summed E-state index contributed by atoms with van der Waals surface area (Å²) in [7, 11) is -4.33. The Hall–Kier alpha value is -0.760. The van der Waals surface area contributed by atoms with Crippen molar-refractivity contribution >= 4 is 13.7 Å². The summed E-state index contributed by atoms with van der Waals surface area (Å²) in [6.45, 7) is 4.14. The summed E-state index contributed by atoms with van der Waals surface area (Å²) in [6.07, 6.45) is 39.7. The molecular formula is C40H81N2O6P. The monoisotopic (exact) mass is 717 g/mol. The van der Waals surface area contributed by atoms with Crippen LogP contribution in [0, 0.1) is 0 Å². The molecule has 0 heterocycles. The van der Waals surface area contributed by atoms with E-state index < -0.39 is 20.0 Å². The van der Waals surface area contributed by atoms with Gasteiger partial charge in [-0.3, -0.25) is 13.8 Å². The maximum atomic E-state index is 12.7. The van der Waals surface area contributed by atoms with E-state index in [1.54, 1.807) is 6.08 Å². The highest BCUT2D eigenvalue weighted by atomic mass is 31.2. The van der Waals surface area contributed by atoms with Crippen molar-refractivity contribution < 1.29 is 28.4 Å². The van der Waals surface area contributed by atoms with Crippen LogP contribution < -0.4 is 11.1 Å². The third-order valence-corrected chi connectivity index (χ3v) is 10.3. The van der Waals surface area contributed by atoms with Crippen LogP contribution in [0.1, 0.15) is 206 Å². The molecule has 0 aliphatic carbocycles. The molecule has 0 aromatic heterocycles. The predicted octanol–water partition coefficient (Wildman–Crippen LogP) is 11.2. The molecule has 0 aliphatic heterocycles. The van der Waals surface area contributed by atoms with Crippen molar-refractivity contribution in [3.63, 3.8) is 0 Å². The van der Waals surface area contributed by atoms with Gasteiger partial charge in [0.25, 0.3) is 0 Å². The molecule has 5 N–H and O–H groups in total. The van der Waals surface area contributed by atoms with E-state index in [0.29, 0.717) is 6.42 Å². The molecule has 0 aromatic carbocycles.